The van der Waals surface area contributed by atoms with Gasteiger partial charge in [0.1, 0.15) is 12.4 Å². The van der Waals surface area contributed by atoms with Gasteiger partial charge in [-0.15, -0.1) is 0 Å². The van der Waals surface area contributed by atoms with Gasteiger partial charge in [0.15, 0.2) is 5.75 Å². The Morgan fingerprint density at radius 1 is 1.17 bits per heavy atom. The third-order valence-electron chi connectivity index (χ3n) is 8.65. The van der Waals surface area contributed by atoms with Crippen LogP contribution in [0.15, 0.2) is 24.4 Å². The second-order valence-corrected chi connectivity index (χ2v) is 10.7. The summed E-state index contributed by atoms with van der Waals surface area (Å²) in [6.07, 6.45) is 12.1. The molecule has 0 bridgehead atoms. The first-order valence-corrected chi connectivity index (χ1v) is 13.4. The topological polar surface area (TPSA) is 75.1 Å². The number of pyridine rings is 1. The van der Waals surface area contributed by atoms with Gasteiger partial charge in [-0.25, -0.2) is 0 Å². The van der Waals surface area contributed by atoms with E-state index in [9.17, 15) is 9.90 Å². The molecule has 0 unspecified atom stereocenters. The van der Waals surface area contributed by atoms with E-state index in [4.69, 9.17) is 9.47 Å². The van der Waals surface area contributed by atoms with E-state index in [0.717, 1.165) is 73.0 Å². The second kappa shape index (κ2) is 10.6. The van der Waals surface area contributed by atoms with Crippen LogP contribution in [0.25, 0.3) is 10.9 Å². The Balaban J connectivity index is 1.25. The van der Waals surface area contributed by atoms with Crippen LogP contribution in [0.4, 0.5) is 5.69 Å². The number of hydrogen-bond acceptors (Lipinski definition) is 6. The van der Waals surface area contributed by atoms with Crippen molar-refractivity contribution in [1.82, 2.24) is 9.88 Å². The second-order valence-electron chi connectivity index (χ2n) is 10.7. The first kappa shape index (κ1) is 24.2. The SMILES string of the molecule is COc1ccc2ncc3c(c2c1)N(CCC1(C(=O)O)CCN(CCC2CCCCC2)CC1)CCO3. The average molecular weight is 482 g/mol. The van der Waals surface area contributed by atoms with E-state index in [1.54, 1.807) is 13.3 Å². The largest absolute Gasteiger partial charge is 0.497 e. The normalized spacial score (nSPS) is 20.9. The summed E-state index contributed by atoms with van der Waals surface area (Å²) in [7, 11) is 1.66. The minimum Gasteiger partial charge on any atom is -0.497 e. The molecule has 0 atom stereocenters. The van der Waals surface area contributed by atoms with E-state index in [1.165, 1.54) is 38.5 Å². The van der Waals surface area contributed by atoms with E-state index in [-0.39, 0.29) is 0 Å². The number of anilines is 1. The maximum Gasteiger partial charge on any atom is 0.309 e. The minimum atomic E-state index is -0.652. The van der Waals surface area contributed by atoms with Crippen LogP contribution in [-0.2, 0) is 4.79 Å². The molecule has 1 aliphatic carbocycles. The maximum absolute atomic E-state index is 12.5. The summed E-state index contributed by atoms with van der Waals surface area (Å²) in [5.74, 6) is 1.78. The van der Waals surface area contributed by atoms with Gasteiger partial charge in [-0.05, 0) is 69.4 Å². The van der Waals surface area contributed by atoms with Crippen molar-refractivity contribution in [1.29, 1.82) is 0 Å². The van der Waals surface area contributed by atoms with Crippen molar-refractivity contribution in [2.75, 3.05) is 51.3 Å². The van der Waals surface area contributed by atoms with Crippen LogP contribution in [0, 0.1) is 11.3 Å². The molecule has 5 rings (SSSR count). The molecule has 2 fully saturated rings. The average Bonchev–Trinajstić information content (AvgIpc) is 2.91. The Morgan fingerprint density at radius 2 is 1.97 bits per heavy atom. The first-order chi connectivity index (χ1) is 17.1. The molecule has 1 N–H and O–H groups in total. The highest BCUT2D eigenvalue weighted by molar-refractivity contribution is 5.96. The Morgan fingerprint density at radius 3 is 2.71 bits per heavy atom. The smallest absolute Gasteiger partial charge is 0.309 e. The predicted molar refractivity (Wildman–Crippen MR) is 138 cm³/mol. The fourth-order valence-corrected chi connectivity index (χ4v) is 6.26. The summed E-state index contributed by atoms with van der Waals surface area (Å²) in [5, 5.41) is 11.3. The lowest BCUT2D eigenvalue weighted by Gasteiger charge is -2.41. The monoisotopic (exact) mass is 481 g/mol. The van der Waals surface area contributed by atoms with E-state index in [2.05, 4.69) is 14.8 Å². The van der Waals surface area contributed by atoms with Gasteiger partial charge in [0, 0.05) is 11.9 Å². The summed E-state index contributed by atoms with van der Waals surface area (Å²) < 4.78 is 11.4. The zero-order chi connectivity index (χ0) is 24.3. The van der Waals surface area contributed by atoms with Crippen LogP contribution in [0.5, 0.6) is 11.5 Å². The number of carbonyl (C=O) groups is 1. The molecule has 7 heteroatoms. The molecule has 0 amide bonds. The van der Waals surface area contributed by atoms with Gasteiger partial charge in [0.2, 0.25) is 0 Å². The van der Waals surface area contributed by atoms with Gasteiger partial charge in [-0.1, -0.05) is 32.1 Å². The highest BCUT2D eigenvalue weighted by atomic mass is 16.5. The zero-order valence-electron chi connectivity index (χ0n) is 21.0. The van der Waals surface area contributed by atoms with Gasteiger partial charge < -0.3 is 24.4 Å². The quantitative estimate of drug-likeness (QED) is 0.571. The molecule has 1 aromatic heterocycles. The van der Waals surface area contributed by atoms with E-state index in [1.807, 2.05) is 18.2 Å². The Bertz CT molecular complexity index is 1020. The molecule has 3 aliphatic rings. The van der Waals surface area contributed by atoms with E-state index in [0.29, 0.717) is 19.6 Å². The lowest BCUT2D eigenvalue weighted by atomic mass is 9.75. The number of nitrogens with zero attached hydrogens (tertiary/aromatic N) is 3. The van der Waals surface area contributed by atoms with Crippen molar-refractivity contribution < 1.29 is 19.4 Å². The molecule has 2 aliphatic heterocycles. The molecule has 3 heterocycles. The van der Waals surface area contributed by atoms with Gasteiger partial charge >= 0.3 is 5.97 Å². The lowest BCUT2D eigenvalue weighted by Crippen LogP contribution is -2.47. The summed E-state index contributed by atoms with van der Waals surface area (Å²) in [4.78, 5) is 21.9. The highest BCUT2D eigenvalue weighted by Gasteiger charge is 2.42. The van der Waals surface area contributed by atoms with Gasteiger partial charge in [0.05, 0.1) is 36.5 Å². The fraction of sp³-hybridized carbons (Fsp3) is 0.643. The van der Waals surface area contributed by atoms with Crippen molar-refractivity contribution in [2.45, 2.75) is 57.8 Å². The number of benzene rings is 1. The zero-order valence-corrected chi connectivity index (χ0v) is 21.0. The third-order valence-corrected chi connectivity index (χ3v) is 8.65. The number of fused-ring (bicyclic) bond motifs is 3. The molecule has 2 aromatic rings. The summed E-state index contributed by atoms with van der Waals surface area (Å²) in [5.41, 5.74) is 1.24. The lowest BCUT2D eigenvalue weighted by molar-refractivity contribution is -0.152. The molecule has 35 heavy (non-hydrogen) atoms. The van der Waals surface area contributed by atoms with Crippen LogP contribution in [0.2, 0.25) is 0 Å². The number of rotatable bonds is 8. The molecule has 0 spiro atoms. The third kappa shape index (κ3) is 5.20. The number of piperidine rings is 1. The molecule has 7 nitrogen and oxygen atoms in total. The number of ether oxygens (including phenoxy) is 2. The molecular formula is C28H39N3O4. The molecule has 0 radical (unpaired) electrons. The summed E-state index contributed by atoms with van der Waals surface area (Å²) in [6, 6.07) is 5.88. The van der Waals surface area contributed by atoms with Crippen LogP contribution in [0.3, 0.4) is 0 Å². The van der Waals surface area contributed by atoms with Crippen LogP contribution >= 0.6 is 0 Å². The summed E-state index contributed by atoms with van der Waals surface area (Å²) in [6.45, 7) is 4.93. The predicted octanol–water partition coefficient (Wildman–Crippen LogP) is 4.97. The van der Waals surface area contributed by atoms with E-state index < -0.39 is 11.4 Å². The van der Waals surface area contributed by atoms with Crippen molar-refractivity contribution in [2.24, 2.45) is 11.3 Å². The molecule has 1 saturated carbocycles. The number of aliphatic carboxylic acids is 1. The Kier molecular flexibility index (Phi) is 7.32. The van der Waals surface area contributed by atoms with Crippen LogP contribution < -0.4 is 14.4 Å². The fourth-order valence-electron chi connectivity index (χ4n) is 6.26. The number of aromatic nitrogens is 1. The van der Waals surface area contributed by atoms with Gasteiger partial charge in [0.25, 0.3) is 0 Å². The highest BCUT2D eigenvalue weighted by Crippen LogP contribution is 2.41. The van der Waals surface area contributed by atoms with Crippen LogP contribution in [-0.4, -0.2) is 67.4 Å². The number of hydrogen-bond donors (Lipinski definition) is 1. The van der Waals surface area contributed by atoms with Crippen LogP contribution in [0.1, 0.15) is 57.8 Å². The number of methoxy groups -OCH3 is 1. The van der Waals surface area contributed by atoms with Crippen molar-refractivity contribution >= 4 is 22.6 Å². The van der Waals surface area contributed by atoms with Crippen molar-refractivity contribution in [3.63, 3.8) is 0 Å². The van der Waals surface area contributed by atoms with Crippen molar-refractivity contribution in [3.05, 3.63) is 24.4 Å². The summed E-state index contributed by atoms with van der Waals surface area (Å²) >= 11 is 0. The Labute approximate surface area is 208 Å². The van der Waals surface area contributed by atoms with Crippen molar-refractivity contribution in [3.8, 4) is 11.5 Å². The number of carboxylic acid groups (broad SMARTS) is 1. The Hall–Kier alpha value is -2.54. The first-order valence-electron chi connectivity index (χ1n) is 13.4. The molecule has 1 aromatic carbocycles. The maximum atomic E-state index is 12.5. The molecular weight excluding hydrogens is 442 g/mol. The number of carboxylic acids is 1. The molecule has 190 valence electrons. The minimum absolute atomic E-state index is 0.583. The number of likely N-dealkylation sites (tertiary alicyclic amines) is 1. The van der Waals surface area contributed by atoms with E-state index >= 15 is 0 Å². The van der Waals surface area contributed by atoms with Gasteiger partial charge in [-0.2, -0.15) is 0 Å². The molecule has 1 saturated heterocycles. The van der Waals surface area contributed by atoms with Gasteiger partial charge in [-0.3, -0.25) is 9.78 Å². The standard InChI is InChI=1S/C28H39N3O4/c1-34-22-7-8-24-23(19-22)26-25(20-29-24)35-18-17-31(26)16-12-28(27(32)33)10-14-30(15-11-28)13-9-21-5-3-2-4-6-21/h7-8,19-21H,2-6,9-18H2,1H3,(H,32,33).